The van der Waals surface area contributed by atoms with Crippen LogP contribution in [-0.2, 0) is 28.8 Å². The molecule has 1 saturated heterocycles. The van der Waals surface area contributed by atoms with E-state index in [2.05, 4.69) is 14.8 Å². The van der Waals surface area contributed by atoms with E-state index < -0.39 is 30.1 Å². The van der Waals surface area contributed by atoms with Gasteiger partial charge in [0, 0.05) is 19.1 Å². The molecule has 2 aromatic rings. The van der Waals surface area contributed by atoms with Gasteiger partial charge in [-0.3, -0.25) is 9.69 Å². The largest absolute Gasteiger partial charge is 0.481 e. The topological polar surface area (TPSA) is 71.4 Å². The van der Waals surface area contributed by atoms with Crippen molar-refractivity contribution in [2.75, 3.05) is 13.1 Å². The molecule has 35 heavy (non-hydrogen) atoms. The maximum Gasteiger partial charge on any atom is 0.419 e. The van der Waals surface area contributed by atoms with Crippen molar-refractivity contribution in [2.45, 2.75) is 45.2 Å². The molecule has 188 valence electrons. The Hall–Kier alpha value is -3.21. The maximum atomic E-state index is 13.2. The van der Waals surface area contributed by atoms with Crippen LogP contribution in [0.15, 0.2) is 41.6 Å². The Bertz CT molecular complexity index is 1130. The second-order valence-electron chi connectivity index (χ2n) is 8.61. The molecule has 0 bridgehead atoms. The van der Waals surface area contributed by atoms with Crippen molar-refractivity contribution in [1.29, 1.82) is 0 Å². The summed E-state index contributed by atoms with van der Waals surface area (Å²) in [5.41, 5.74) is 2.42. The molecule has 0 radical (unpaired) electrons. The van der Waals surface area contributed by atoms with Gasteiger partial charge in [-0.1, -0.05) is 23.4 Å². The second-order valence-corrected chi connectivity index (χ2v) is 8.61. The summed E-state index contributed by atoms with van der Waals surface area (Å²) in [5.74, 6) is -2.04. The predicted octanol–water partition coefficient (Wildman–Crippen LogP) is 5.25. The number of hydrogen-bond donors (Lipinski definition) is 1. The van der Waals surface area contributed by atoms with Gasteiger partial charge in [0.25, 0.3) is 0 Å². The van der Waals surface area contributed by atoms with Crippen LogP contribution in [0.1, 0.15) is 47.2 Å². The maximum absolute atomic E-state index is 13.2. The first-order valence-corrected chi connectivity index (χ1v) is 10.9. The molecule has 11 heteroatoms. The van der Waals surface area contributed by atoms with Crippen molar-refractivity contribution < 1.29 is 41.4 Å². The fraction of sp³-hybridized carbons (Fsp3) is 0.417. The highest BCUT2D eigenvalue weighted by atomic mass is 19.4. The molecular formula is C24H23F5N2O4. The summed E-state index contributed by atoms with van der Waals surface area (Å²) in [7, 11) is 0. The quantitative estimate of drug-likeness (QED) is 0.306. The van der Waals surface area contributed by atoms with E-state index in [1.807, 2.05) is 18.2 Å². The molecule has 1 aliphatic heterocycles. The van der Waals surface area contributed by atoms with Gasteiger partial charge in [0.1, 0.15) is 12.4 Å². The Morgan fingerprint density at radius 1 is 1.20 bits per heavy atom. The molecule has 1 heterocycles. The SMILES string of the molecule is C/C(=N\OCc1ccc(OC(F)F)c(C(F)(F)F)c1)c1ccc2c(c1)CCC2N1CC(C(=O)O)C1. The van der Waals surface area contributed by atoms with Crippen LogP contribution >= 0.6 is 0 Å². The van der Waals surface area contributed by atoms with Gasteiger partial charge in [0.15, 0.2) is 0 Å². The molecular weight excluding hydrogens is 475 g/mol. The minimum atomic E-state index is -4.87. The number of fused-ring (bicyclic) bond motifs is 1. The summed E-state index contributed by atoms with van der Waals surface area (Å²) in [4.78, 5) is 18.5. The Balaban J connectivity index is 1.40. The van der Waals surface area contributed by atoms with Crippen LogP contribution in [0.25, 0.3) is 0 Å². The zero-order valence-electron chi connectivity index (χ0n) is 18.7. The third-order valence-electron chi connectivity index (χ3n) is 6.30. The van der Waals surface area contributed by atoms with Crippen LogP contribution in [0.4, 0.5) is 22.0 Å². The summed E-state index contributed by atoms with van der Waals surface area (Å²) >= 11 is 0. The first kappa shape index (κ1) is 24.9. The lowest BCUT2D eigenvalue weighted by Gasteiger charge is -2.41. The van der Waals surface area contributed by atoms with Crippen LogP contribution in [0, 0.1) is 5.92 Å². The molecule has 6 nitrogen and oxygen atoms in total. The number of benzene rings is 2. The molecule has 1 unspecified atom stereocenters. The summed E-state index contributed by atoms with van der Waals surface area (Å²) in [6.45, 7) is -0.869. The Morgan fingerprint density at radius 3 is 2.60 bits per heavy atom. The third-order valence-corrected chi connectivity index (χ3v) is 6.30. The highest BCUT2D eigenvalue weighted by Crippen LogP contribution is 2.40. The highest BCUT2D eigenvalue weighted by molar-refractivity contribution is 5.98. The van der Waals surface area contributed by atoms with E-state index in [0.717, 1.165) is 35.6 Å². The molecule has 0 amide bonds. The first-order chi connectivity index (χ1) is 16.5. The minimum Gasteiger partial charge on any atom is -0.481 e. The van der Waals surface area contributed by atoms with E-state index in [0.29, 0.717) is 24.9 Å². The van der Waals surface area contributed by atoms with Crippen molar-refractivity contribution in [3.63, 3.8) is 0 Å². The highest BCUT2D eigenvalue weighted by Gasteiger charge is 2.39. The number of alkyl halides is 5. The molecule has 2 aliphatic rings. The van der Waals surface area contributed by atoms with E-state index in [4.69, 9.17) is 9.94 Å². The van der Waals surface area contributed by atoms with Gasteiger partial charge in [-0.15, -0.1) is 0 Å². The number of hydrogen-bond acceptors (Lipinski definition) is 5. The number of nitrogens with zero attached hydrogens (tertiary/aromatic N) is 2. The molecule has 0 saturated carbocycles. The van der Waals surface area contributed by atoms with E-state index in [9.17, 15) is 26.7 Å². The number of aliphatic carboxylic acids is 1. The van der Waals surface area contributed by atoms with Crippen LogP contribution in [0.2, 0.25) is 0 Å². The number of rotatable bonds is 8. The van der Waals surface area contributed by atoms with E-state index in [-0.39, 0.29) is 24.1 Å². The molecule has 2 aromatic carbocycles. The molecule has 0 aromatic heterocycles. The third kappa shape index (κ3) is 5.55. The summed E-state index contributed by atoms with van der Waals surface area (Å²) in [6.07, 6.45) is -3.11. The smallest absolute Gasteiger partial charge is 0.419 e. The van der Waals surface area contributed by atoms with Gasteiger partial charge in [0.2, 0.25) is 0 Å². The monoisotopic (exact) mass is 498 g/mol. The molecule has 0 spiro atoms. The normalized spacial score (nSPS) is 18.9. The van der Waals surface area contributed by atoms with E-state index in [1.54, 1.807) is 6.92 Å². The first-order valence-electron chi connectivity index (χ1n) is 10.9. The Labute approximate surface area is 197 Å². The van der Waals surface area contributed by atoms with Crippen molar-refractivity contribution in [3.8, 4) is 5.75 Å². The van der Waals surface area contributed by atoms with E-state index >= 15 is 0 Å². The zero-order valence-corrected chi connectivity index (χ0v) is 18.7. The van der Waals surface area contributed by atoms with Crippen molar-refractivity contribution in [2.24, 2.45) is 11.1 Å². The fourth-order valence-corrected chi connectivity index (χ4v) is 4.47. The average Bonchev–Trinajstić information content (AvgIpc) is 3.15. The molecule has 1 aliphatic carbocycles. The fourth-order valence-electron chi connectivity index (χ4n) is 4.47. The van der Waals surface area contributed by atoms with Gasteiger partial charge in [-0.05, 0) is 60.2 Å². The standard InChI is InChI=1S/C24H23F5N2O4/c1-13(30-34-12-14-2-7-21(35-23(25)26)19(8-14)24(27,28)29)15-3-5-18-16(9-15)4-6-20(18)31-10-17(11-31)22(32)33/h2-3,5,7-9,17,20,23H,4,6,10-12H2,1H3,(H,32,33)/b30-13+. The van der Waals surface area contributed by atoms with Crippen molar-refractivity contribution in [1.82, 2.24) is 4.90 Å². The van der Waals surface area contributed by atoms with Gasteiger partial charge in [0.05, 0.1) is 17.2 Å². The van der Waals surface area contributed by atoms with Gasteiger partial charge >= 0.3 is 18.8 Å². The number of aryl methyl sites for hydroxylation is 1. The van der Waals surface area contributed by atoms with Crippen LogP contribution in [-0.4, -0.2) is 41.4 Å². The predicted molar refractivity (Wildman–Crippen MR) is 115 cm³/mol. The van der Waals surface area contributed by atoms with Crippen molar-refractivity contribution >= 4 is 11.7 Å². The lowest BCUT2D eigenvalue weighted by Crippen LogP contribution is -2.51. The second kappa shape index (κ2) is 9.80. The number of carbonyl (C=O) groups is 1. The number of oxime groups is 1. The number of ether oxygens (including phenoxy) is 1. The molecule has 1 atom stereocenters. The minimum absolute atomic E-state index is 0.0986. The number of carboxylic acids is 1. The average molecular weight is 498 g/mol. The van der Waals surface area contributed by atoms with Crippen LogP contribution in [0.3, 0.4) is 0 Å². The number of carboxylic acid groups (broad SMARTS) is 1. The molecule has 4 rings (SSSR count). The summed E-state index contributed by atoms with van der Waals surface area (Å²) in [5, 5.41) is 13.1. The van der Waals surface area contributed by atoms with Crippen LogP contribution < -0.4 is 4.74 Å². The van der Waals surface area contributed by atoms with Gasteiger partial charge < -0.3 is 14.7 Å². The van der Waals surface area contributed by atoms with Gasteiger partial charge in [-0.2, -0.15) is 22.0 Å². The Morgan fingerprint density at radius 2 is 1.94 bits per heavy atom. The van der Waals surface area contributed by atoms with Crippen LogP contribution in [0.5, 0.6) is 5.75 Å². The van der Waals surface area contributed by atoms with E-state index in [1.165, 1.54) is 6.07 Å². The molecule has 1 fully saturated rings. The Kier molecular flexibility index (Phi) is 6.98. The number of likely N-dealkylation sites (tertiary alicyclic amines) is 1. The number of halogens is 5. The summed E-state index contributed by atoms with van der Waals surface area (Å²) in [6, 6.07) is 8.80. The van der Waals surface area contributed by atoms with Crippen molar-refractivity contribution in [3.05, 3.63) is 64.2 Å². The summed E-state index contributed by atoms with van der Waals surface area (Å²) < 4.78 is 68.3. The lowest BCUT2D eigenvalue weighted by molar-refractivity contribution is -0.148. The molecule has 1 N–H and O–H groups in total. The van der Waals surface area contributed by atoms with Gasteiger partial charge in [-0.25, -0.2) is 0 Å². The lowest BCUT2D eigenvalue weighted by atomic mass is 9.95. The zero-order chi connectivity index (χ0) is 25.3.